The van der Waals surface area contributed by atoms with Gasteiger partial charge in [0.15, 0.2) is 0 Å². The number of aromatic nitrogens is 2. The lowest BCUT2D eigenvalue weighted by atomic mass is 9.94. The highest BCUT2D eigenvalue weighted by molar-refractivity contribution is 6.06. The average Bonchev–Trinajstić information content (AvgIpc) is 3.29. The molecular formula is C18H23N3O4. The lowest BCUT2D eigenvalue weighted by molar-refractivity contribution is 0.0781. The molecule has 2 unspecified atom stereocenters. The first-order chi connectivity index (χ1) is 12.1. The predicted octanol–water partition coefficient (Wildman–Crippen LogP) is 1.47. The summed E-state index contributed by atoms with van der Waals surface area (Å²) in [7, 11) is 0. The Morgan fingerprint density at radius 3 is 2.76 bits per heavy atom. The number of carbonyl (C=O) groups excluding carboxylic acids is 1. The van der Waals surface area contributed by atoms with E-state index in [9.17, 15) is 15.0 Å². The molecule has 1 saturated heterocycles. The van der Waals surface area contributed by atoms with Gasteiger partial charge in [-0.25, -0.2) is 4.98 Å². The smallest absolute Gasteiger partial charge is 0.259 e. The standard InChI is InChI=1S/C18H23N3O4/c1-10-16-14(6-15(11-2-3-11)19-17(16)25-20-10)18(24)21-7-12(4-5-22)13(8-21)9-23/h6,11-13,22-23H,2-5,7-9H2,1H3. The molecule has 2 aromatic heterocycles. The van der Waals surface area contributed by atoms with Gasteiger partial charge in [-0.2, -0.15) is 0 Å². The maximum atomic E-state index is 13.2. The van der Waals surface area contributed by atoms with Crippen LogP contribution in [0.2, 0.25) is 0 Å². The number of carbonyl (C=O) groups is 1. The summed E-state index contributed by atoms with van der Waals surface area (Å²) in [4.78, 5) is 19.5. The van der Waals surface area contributed by atoms with Crippen LogP contribution < -0.4 is 0 Å². The molecular weight excluding hydrogens is 322 g/mol. The second-order valence-electron chi connectivity index (χ2n) is 7.24. The lowest BCUT2D eigenvalue weighted by Crippen LogP contribution is -2.29. The Balaban J connectivity index is 1.69. The highest BCUT2D eigenvalue weighted by Crippen LogP contribution is 2.41. The van der Waals surface area contributed by atoms with Crippen molar-refractivity contribution in [1.29, 1.82) is 0 Å². The van der Waals surface area contributed by atoms with Crippen LogP contribution in [0.25, 0.3) is 11.1 Å². The van der Waals surface area contributed by atoms with E-state index in [1.165, 1.54) is 0 Å². The number of likely N-dealkylation sites (tertiary alicyclic amines) is 1. The highest BCUT2D eigenvalue weighted by atomic mass is 16.5. The zero-order chi connectivity index (χ0) is 17.6. The maximum absolute atomic E-state index is 13.2. The molecule has 0 radical (unpaired) electrons. The maximum Gasteiger partial charge on any atom is 0.259 e. The van der Waals surface area contributed by atoms with Crippen molar-refractivity contribution in [2.75, 3.05) is 26.3 Å². The fourth-order valence-electron chi connectivity index (χ4n) is 3.85. The minimum atomic E-state index is -0.0699. The molecule has 2 aromatic rings. The van der Waals surface area contributed by atoms with Gasteiger partial charge in [0.1, 0.15) is 0 Å². The van der Waals surface area contributed by atoms with E-state index in [0.717, 1.165) is 18.5 Å². The summed E-state index contributed by atoms with van der Waals surface area (Å²) in [6, 6.07) is 1.89. The van der Waals surface area contributed by atoms with Crippen LogP contribution in [-0.4, -0.2) is 57.5 Å². The third-order valence-electron chi connectivity index (χ3n) is 5.46. The van der Waals surface area contributed by atoms with Crippen LogP contribution in [0, 0.1) is 18.8 Å². The fourth-order valence-corrected chi connectivity index (χ4v) is 3.85. The van der Waals surface area contributed by atoms with E-state index in [0.29, 0.717) is 47.8 Å². The van der Waals surface area contributed by atoms with Crippen LogP contribution >= 0.6 is 0 Å². The summed E-state index contributed by atoms with van der Waals surface area (Å²) < 4.78 is 5.32. The van der Waals surface area contributed by atoms with Gasteiger partial charge in [0.05, 0.1) is 16.6 Å². The molecule has 0 aromatic carbocycles. The number of aliphatic hydroxyl groups excluding tert-OH is 2. The summed E-state index contributed by atoms with van der Waals surface area (Å²) in [5, 5.41) is 23.5. The summed E-state index contributed by atoms with van der Waals surface area (Å²) in [6.45, 7) is 2.97. The molecule has 1 aliphatic heterocycles. The van der Waals surface area contributed by atoms with Crippen LogP contribution in [0.4, 0.5) is 0 Å². The van der Waals surface area contributed by atoms with Gasteiger partial charge >= 0.3 is 0 Å². The van der Waals surface area contributed by atoms with E-state index in [1.807, 2.05) is 13.0 Å². The fraction of sp³-hybridized carbons (Fsp3) is 0.611. The highest BCUT2D eigenvalue weighted by Gasteiger charge is 2.36. The summed E-state index contributed by atoms with van der Waals surface area (Å²) in [5.74, 6) is 0.481. The summed E-state index contributed by atoms with van der Waals surface area (Å²) in [6.07, 6.45) is 2.78. The number of hydrogen-bond donors (Lipinski definition) is 2. The van der Waals surface area contributed by atoms with Gasteiger partial charge in [0.25, 0.3) is 11.6 Å². The molecule has 2 N–H and O–H groups in total. The molecule has 4 rings (SSSR count). The molecule has 1 saturated carbocycles. The predicted molar refractivity (Wildman–Crippen MR) is 90.2 cm³/mol. The normalized spacial score (nSPS) is 23.6. The van der Waals surface area contributed by atoms with E-state index in [2.05, 4.69) is 10.1 Å². The molecule has 7 nitrogen and oxygen atoms in total. The Hall–Kier alpha value is -1.99. The van der Waals surface area contributed by atoms with E-state index in [1.54, 1.807) is 4.90 Å². The molecule has 1 amide bonds. The zero-order valence-corrected chi connectivity index (χ0v) is 14.3. The lowest BCUT2D eigenvalue weighted by Gasteiger charge is -2.17. The Morgan fingerprint density at radius 2 is 2.08 bits per heavy atom. The van der Waals surface area contributed by atoms with Gasteiger partial charge in [-0.15, -0.1) is 0 Å². The number of fused-ring (bicyclic) bond motifs is 1. The van der Waals surface area contributed by atoms with Crippen molar-refractivity contribution in [1.82, 2.24) is 15.0 Å². The monoisotopic (exact) mass is 345 g/mol. The van der Waals surface area contributed by atoms with Crippen LogP contribution in [-0.2, 0) is 0 Å². The molecule has 1 aliphatic carbocycles. The Labute approximate surface area is 145 Å². The molecule has 0 bridgehead atoms. The third-order valence-corrected chi connectivity index (χ3v) is 5.46. The molecule has 3 heterocycles. The summed E-state index contributed by atoms with van der Waals surface area (Å²) in [5.41, 5.74) is 2.58. The first kappa shape index (κ1) is 16.5. The molecule has 25 heavy (non-hydrogen) atoms. The molecule has 2 atom stereocenters. The number of nitrogens with zero attached hydrogens (tertiary/aromatic N) is 3. The van der Waals surface area contributed by atoms with Crippen LogP contribution in [0.3, 0.4) is 0 Å². The van der Waals surface area contributed by atoms with Crippen LogP contribution in [0.15, 0.2) is 10.6 Å². The molecule has 7 heteroatoms. The second kappa shape index (κ2) is 6.38. The van der Waals surface area contributed by atoms with Crippen molar-refractivity contribution >= 4 is 17.0 Å². The topological polar surface area (TPSA) is 99.7 Å². The van der Waals surface area contributed by atoms with Gasteiger partial charge < -0.3 is 19.6 Å². The average molecular weight is 345 g/mol. The number of rotatable bonds is 5. The van der Waals surface area contributed by atoms with E-state index in [4.69, 9.17) is 4.52 Å². The van der Waals surface area contributed by atoms with Gasteiger partial charge in [-0.3, -0.25) is 4.79 Å². The number of amides is 1. The first-order valence-electron chi connectivity index (χ1n) is 8.90. The molecule has 134 valence electrons. The third kappa shape index (κ3) is 2.91. The quantitative estimate of drug-likeness (QED) is 0.851. The van der Waals surface area contributed by atoms with Crippen LogP contribution in [0.5, 0.6) is 0 Å². The van der Waals surface area contributed by atoms with Crippen LogP contribution in [0.1, 0.15) is 46.9 Å². The van der Waals surface area contributed by atoms with Gasteiger partial charge in [-0.1, -0.05) is 5.16 Å². The number of hydrogen-bond acceptors (Lipinski definition) is 6. The number of aliphatic hydroxyl groups is 2. The van der Waals surface area contributed by atoms with Gasteiger partial charge in [0, 0.05) is 43.8 Å². The van der Waals surface area contributed by atoms with Crippen molar-refractivity contribution in [2.45, 2.75) is 32.1 Å². The largest absolute Gasteiger partial charge is 0.396 e. The van der Waals surface area contributed by atoms with E-state index < -0.39 is 0 Å². The van der Waals surface area contributed by atoms with Crippen molar-refractivity contribution in [3.8, 4) is 0 Å². The summed E-state index contributed by atoms with van der Waals surface area (Å²) >= 11 is 0. The SMILES string of the molecule is Cc1noc2nc(C3CC3)cc(C(=O)N3CC(CO)C(CCO)C3)c12. The van der Waals surface area contributed by atoms with E-state index >= 15 is 0 Å². The Morgan fingerprint density at radius 1 is 1.32 bits per heavy atom. The molecule has 2 fully saturated rings. The van der Waals surface area contributed by atoms with E-state index in [-0.39, 0.29) is 31.0 Å². The van der Waals surface area contributed by atoms with Crippen molar-refractivity contribution in [3.05, 3.63) is 23.0 Å². The first-order valence-corrected chi connectivity index (χ1v) is 8.90. The number of pyridine rings is 1. The Kier molecular flexibility index (Phi) is 4.21. The van der Waals surface area contributed by atoms with Crippen molar-refractivity contribution in [3.63, 3.8) is 0 Å². The van der Waals surface area contributed by atoms with Crippen molar-refractivity contribution in [2.24, 2.45) is 11.8 Å². The number of aryl methyl sites for hydroxylation is 1. The minimum Gasteiger partial charge on any atom is -0.396 e. The minimum absolute atomic E-state index is 0.0138. The zero-order valence-electron chi connectivity index (χ0n) is 14.3. The molecule has 2 aliphatic rings. The Bertz CT molecular complexity index is 799. The van der Waals surface area contributed by atoms with Gasteiger partial charge in [-0.05, 0) is 38.2 Å². The van der Waals surface area contributed by atoms with Crippen molar-refractivity contribution < 1.29 is 19.5 Å². The van der Waals surface area contributed by atoms with Gasteiger partial charge in [0.2, 0.25) is 0 Å². The molecule has 0 spiro atoms. The second-order valence-corrected chi connectivity index (χ2v) is 7.24.